The number of rotatable bonds is 8. The molecule has 0 radical (unpaired) electrons. The van der Waals surface area contributed by atoms with Gasteiger partial charge in [0.05, 0.1) is 0 Å². The van der Waals surface area contributed by atoms with E-state index in [0.29, 0.717) is 0 Å². The average Bonchev–Trinajstić information content (AvgIpc) is 3.03. The zero-order chi connectivity index (χ0) is 18.1. The predicted molar refractivity (Wildman–Crippen MR) is 107 cm³/mol. The van der Waals surface area contributed by atoms with E-state index in [9.17, 15) is 0 Å². The van der Waals surface area contributed by atoms with Crippen LogP contribution >= 0.6 is 11.8 Å². The molecule has 0 amide bonds. The first-order valence-electron chi connectivity index (χ1n) is 8.66. The second kappa shape index (κ2) is 10.1. The van der Waals surface area contributed by atoms with Crippen LogP contribution in [0.5, 0.6) is 0 Å². The van der Waals surface area contributed by atoms with Crippen LogP contribution in [0, 0.1) is 6.92 Å². The Labute approximate surface area is 155 Å². The molecule has 0 fully saturated rings. The monoisotopic (exact) mass is 359 g/mol. The third-order valence-electron chi connectivity index (χ3n) is 4.18. The van der Waals surface area contributed by atoms with Gasteiger partial charge in [-0.05, 0) is 43.7 Å². The lowest BCUT2D eigenvalue weighted by atomic mass is 10.2. The van der Waals surface area contributed by atoms with E-state index < -0.39 is 0 Å². The summed E-state index contributed by atoms with van der Waals surface area (Å²) in [5, 5.41) is 3.45. The highest BCUT2D eigenvalue weighted by Crippen LogP contribution is 2.15. The lowest BCUT2D eigenvalue weighted by molar-refractivity contribution is 0.473. The second-order valence-electron chi connectivity index (χ2n) is 6.05. The molecule has 0 unspecified atom stereocenters. The van der Waals surface area contributed by atoms with Crippen LogP contribution in [-0.4, -0.2) is 47.3 Å². The molecule has 0 aliphatic heterocycles. The molecule has 136 valence electrons. The van der Waals surface area contributed by atoms with Crippen molar-refractivity contribution in [2.75, 3.05) is 26.9 Å². The zero-order valence-electron chi connectivity index (χ0n) is 15.7. The second-order valence-corrected chi connectivity index (χ2v) is 6.93. The molecule has 25 heavy (non-hydrogen) atoms. The molecule has 0 saturated carbocycles. The van der Waals surface area contributed by atoms with Crippen LogP contribution < -0.4 is 5.32 Å². The summed E-state index contributed by atoms with van der Waals surface area (Å²) in [6.45, 7) is 4.84. The summed E-state index contributed by atoms with van der Waals surface area (Å²) in [4.78, 5) is 12.1. The Balaban J connectivity index is 1.72. The number of unbranched alkanes of at least 4 members (excludes halogenated alkanes) is 1. The number of nitrogens with zero attached hydrogens (tertiary/aromatic N) is 4. The van der Waals surface area contributed by atoms with Crippen molar-refractivity contribution in [2.24, 2.45) is 4.99 Å². The van der Waals surface area contributed by atoms with Gasteiger partial charge >= 0.3 is 0 Å². The first kappa shape index (κ1) is 19.4. The van der Waals surface area contributed by atoms with E-state index >= 15 is 0 Å². The van der Waals surface area contributed by atoms with Crippen molar-refractivity contribution in [2.45, 2.75) is 37.8 Å². The van der Waals surface area contributed by atoms with Gasteiger partial charge in [-0.25, -0.2) is 4.98 Å². The van der Waals surface area contributed by atoms with E-state index in [1.807, 2.05) is 26.4 Å². The van der Waals surface area contributed by atoms with Crippen molar-refractivity contribution in [3.05, 3.63) is 48.0 Å². The van der Waals surface area contributed by atoms with Crippen molar-refractivity contribution >= 4 is 17.7 Å². The maximum Gasteiger partial charge on any atom is 0.193 e. The van der Waals surface area contributed by atoms with E-state index in [1.54, 1.807) is 11.8 Å². The molecule has 0 saturated heterocycles. The number of nitrogens with one attached hydrogen (secondary N) is 1. The fraction of sp³-hybridized carbons (Fsp3) is 0.474. The highest BCUT2D eigenvalue weighted by molar-refractivity contribution is 7.98. The fourth-order valence-corrected chi connectivity index (χ4v) is 3.12. The maximum absolute atomic E-state index is 4.39. The molecule has 1 N–H and O–H groups in total. The maximum atomic E-state index is 4.39. The molecule has 1 heterocycles. The molecule has 6 heteroatoms. The Kier molecular flexibility index (Phi) is 7.85. The summed E-state index contributed by atoms with van der Waals surface area (Å²) in [5.41, 5.74) is 1.29. The Morgan fingerprint density at radius 2 is 2.04 bits per heavy atom. The summed E-state index contributed by atoms with van der Waals surface area (Å²) in [6.07, 6.45) is 8.23. The first-order valence-corrected chi connectivity index (χ1v) is 9.89. The van der Waals surface area contributed by atoms with E-state index in [4.69, 9.17) is 0 Å². The molecule has 1 aromatic carbocycles. The van der Waals surface area contributed by atoms with Gasteiger partial charge in [0.1, 0.15) is 5.82 Å². The van der Waals surface area contributed by atoms with Crippen molar-refractivity contribution in [3.63, 3.8) is 0 Å². The molecule has 1 aromatic heterocycles. The molecule has 0 spiro atoms. The van der Waals surface area contributed by atoms with Crippen LogP contribution in [0.3, 0.4) is 0 Å². The van der Waals surface area contributed by atoms with Crippen molar-refractivity contribution in [1.82, 2.24) is 19.8 Å². The Morgan fingerprint density at radius 1 is 1.28 bits per heavy atom. The van der Waals surface area contributed by atoms with Crippen LogP contribution in [0.2, 0.25) is 0 Å². The van der Waals surface area contributed by atoms with Gasteiger partial charge in [-0.15, -0.1) is 11.8 Å². The smallest absolute Gasteiger partial charge is 0.193 e. The molecule has 0 aliphatic carbocycles. The number of hydrogen-bond acceptors (Lipinski definition) is 3. The van der Waals surface area contributed by atoms with Crippen LogP contribution in [0.1, 0.15) is 24.2 Å². The number of aliphatic imine (C=N–C) groups is 1. The number of thioether (sulfide) groups is 1. The van der Waals surface area contributed by atoms with Crippen LogP contribution in [-0.2, 0) is 13.1 Å². The summed E-state index contributed by atoms with van der Waals surface area (Å²) in [7, 11) is 3.91. The van der Waals surface area contributed by atoms with Gasteiger partial charge in [0, 0.05) is 51.0 Å². The summed E-state index contributed by atoms with van der Waals surface area (Å²) in [6, 6.07) is 8.70. The Morgan fingerprint density at radius 3 is 2.64 bits per heavy atom. The van der Waals surface area contributed by atoms with E-state index in [2.05, 4.69) is 62.3 Å². The van der Waals surface area contributed by atoms with E-state index in [1.165, 1.54) is 10.5 Å². The molecule has 2 rings (SSSR count). The fourth-order valence-electron chi connectivity index (χ4n) is 2.71. The van der Waals surface area contributed by atoms with Gasteiger partial charge in [-0.2, -0.15) is 0 Å². The van der Waals surface area contributed by atoms with E-state index in [0.717, 1.165) is 44.3 Å². The van der Waals surface area contributed by atoms with Gasteiger partial charge in [-0.1, -0.05) is 12.1 Å². The number of guanidine groups is 1. The number of benzene rings is 1. The van der Waals surface area contributed by atoms with Crippen molar-refractivity contribution in [3.8, 4) is 0 Å². The van der Waals surface area contributed by atoms with Crippen LogP contribution in [0.4, 0.5) is 0 Å². The molecule has 0 aliphatic rings. The number of aryl methyl sites for hydroxylation is 2. The Bertz CT molecular complexity index is 663. The lowest BCUT2D eigenvalue weighted by Gasteiger charge is -2.22. The molecule has 5 nitrogen and oxygen atoms in total. The largest absolute Gasteiger partial charge is 0.356 e. The van der Waals surface area contributed by atoms with Crippen molar-refractivity contribution < 1.29 is 0 Å². The lowest BCUT2D eigenvalue weighted by Crippen LogP contribution is -2.38. The van der Waals surface area contributed by atoms with Gasteiger partial charge in [0.25, 0.3) is 0 Å². The third kappa shape index (κ3) is 6.12. The third-order valence-corrected chi connectivity index (χ3v) is 4.93. The quantitative estimate of drug-likeness (QED) is 0.340. The standard InChI is InChI=1S/C19H29N5S/c1-16-21-12-14-24(16)13-6-5-11-22-19(20-2)23(3)15-17-7-9-18(25-4)10-8-17/h7-10,12,14H,5-6,11,13,15H2,1-4H3,(H,20,22). The summed E-state index contributed by atoms with van der Waals surface area (Å²) < 4.78 is 2.19. The molecule has 0 bridgehead atoms. The Hall–Kier alpha value is -1.95. The number of hydrogen-bond donors (Lipinski definition) is 1. The number of aromatic nitrogens is 2. The van der Waals surface area contributed by atoms with Gasteiger partial charge in [0.2, 0.25) is 0 Å². The zero-order valence-corrected chi connectivity index (χ0v) is 16.5. The van der Waals surface area contributed by atoms with Crippen molar-refractivity contribution in [1.29, 1.82) is 0 Å². The van der Waals surface area contributed by atoms with E-state index in [-0.39, 0.29) is 0 Å². The minimum atomic E-state index is 0.850. The minimum Gasteiger partial charge on any atom is -0.356 e. The average molecular weight is 360 g/mol. The predicted octanol–water partition coefficient (Wildman–Crippen LogP) is 3.40. The highest BCUT2D eigenvalue weighted by atomic mass is 32.2. The molecular weight excluding hydrogens is 330 g/mol. The van der Waals surface area contributed by atoms with Gasteiger partial charge in [0.15, 0.2) is 5.96 Å². The topological polar surface area (TPSA) is 45.5 Å². The minimum absolute atomic E-state index is 0.850. The number of imidazole rings is 1. The molecule has 2 aromatic rings. The highest BCUT2D eigenvalue weighted by Gasteiger charge is 2.06. The summed E-state index contributed by atoms with van der Waals surface area (Å²) >= 11 is 1.77. The normalized spacial score (nSPS) is 11.6. The first-order chi connectivity index (χ1) is 12.1. The van der Waals surface area contributed by atoms with Gasteiger partial charge < -0.3 is 14.8 Å². The molecular formula is C19H29N5S. The van der Waals surface area contributed by atoms with Gasteiger partial charge in [-0.3, -0.25) is 4.99 Å². The SMILES string of the molecule is CN=C(NCCCCn1ccnc1C)N(C)Cc1ccc(SC)cc1. The molecule has 0 atom stereocenters. The summed E-state index contributed by atoms with van der Waals surface area (Å²) in [5.74, 6) is 2.02. The van der Waals surface area contributed by atoms with Crippen LogP contribution in [0.25, 0.3) is 0 Å². The van der Waals surface area contributed by atoms with Crippen LogP contribution in [0.15, 0.2) is 46.5 Å².